The average molecular weight is 302 g/mol. The smallest absolute Gasteiger partial charge is 0.267 e. The van der Waals surface area contributed by atoms with E-state index in [0.29, 0.717) is 6.42 Å². The van der Waals surface area contributed by atoms with E-state index in [4.69, 9.17) is 10.3 Å². The molecule has 0 spiro atoms. The third kappa shape index (κ3) is 6.62. The van der Waals surface area contributed by atoms with Gasteiger partial charge in [0, 0.05) is 6.54 Å². The Morgan fingerprint density at radius 1 is 1.30 bits per heavy atom. The van der Waals surface area contributed by atoms with E-state index < -0.39 is 33.9 Å². The van der Waals surface area contributed by atoms with Gasteiger partial charge in [-0.25, -0.2) is 0 Å². The first-order valence-electron chi connectivity index (χ1n) is 5.98. The van der Waals surface area contributed by atoms with E-state index in [-0.39, 0.29) is 6.54 Å². The molecule has 0 saturated heterocycles. The number of aliphatic hydroxyl groups is 1. The number of nitrogens with one attached hydrogen (secondary N) is 1. The van der Waals surface area contributed by atoms with Gasteiger partial charge in [0.1, 0.15) is 5.75 Å². The molecule has 5 N–H and O–H groups in total. The minimum atomic E-state index is -4.27. The van der Waals surface area contributed by atoms with Gasteiger partial charge >= 0.3 is 0 Å². The summed E-state index contributed by atoms with van der Waals surface area (Å²) in [5, 5.41) is 11.6. The topological polar surface area (TPSA) is 130 Å². The molecule has 7 nitrogen and oxygen atoms in total. The van der Waals surface area contributed by atoms with Crippen molar-refractivity contribution in [3.8, 4) is 0 Å². The van der Waals surface area contributed by atoms with Crippen molar-refractivity contribution in [1.82, 2.24) is 5.32 Å². The summed E-state index contributed by atoms with van der Waals surface area (Å²) in [4.78, 5) is 11.7. The van der Waals surface area contributed by atoms with Crippen LogP contribution in [-0.2, 0) is 21.3 Å². The van der Waals surface area contributed by atoms with Gasteiger partial charge in [0.25, 0.3) is 10.1 Å². The third-order valence-electron chi connectivity index (χ3n) is 2.55. The molecule has 20 heavy (non-hydrogen) atoms. The fourth-order valence-corrected chi connectivity index (χ4v) is 2.22. The van der Waals surface area contributed by atoms with E-state index in [2.05, 4.69) is 5.32 Å². The van der Waals surface area contributed by atoms with Crippen LogP contribution >= 0.6 is 0 Å². The highest BCUT2D eigenvalue weighted by atomic mass is 32.2. The molecule has 0 bridgehead atoms. The summed E-state index contributed by atoms with van der Waals surface area (Å²) in [6, 6.07) is 8.38. The third-order valence-corrected chi connectivity index (χ3v) is 3.36. The fraction of sp³-hybridized carbons (Fsp3) is 0.417. The van der Waals surface area contributed by atoms with Crippen molar-refractivity contribution >= 4 is 16.0 Å². The Kier molecular flexibility index (Phi) is 6.08. The van der Waals surface area contributed by atoms with Crippen LogP contribution in [0, 0.1) is 0 Å². The van der Waals surface area contributed by atoms with Crippen LogP contribution in [-0.4, -0.2) is 48.4 Å². The highest BCUT2D eigenvalue weighted by Crippen LogP contribution is 2.01. The van der Waals surface area contributed by atoms with Crippen molar-refractivity contribution in [3.63, 3.8) is 0 Å². The zero-order chi connectivity index (χ0) is 15.2. The lowest BCUT2D eigenvalue weighted by atomic mass is 10.1. The van der Waals surface area contributed by atoms with Gasteiger partial charge in [0.2, 0.25) is 5.91 Å². The summed E-state index contributed by atoms with van der Waals surface area (Å²) in [5.41, 5.74) is 6.60. The summed E-state index contributed by atoms with van der Waals surface area (Å²) >= 11 is 0. The molecule has 0 radical (unpaired) electrons. The number of amides is 1. The molecule has 0 saturated carbocycles. The number of carbonyl (C=O) groups excluding carboxylic acids is 1. The highest BCUT2D eigenvalue weighted by Gasteiger charge is 2.18. The van der Waals surface area contributed by atoms with Crippen LogP contribution in [0.5, 0.6) is 0 Å². The fourth-order valence-electron chi connectivity index (χ4n) is 1.61. The molecule has 1 aromatic carbocycles. The van der Waals surface area contributed by atoms with E-state index >= 15 is 0 Å². The van der Waals surface area contributed by atoms with Gasteiger partial charge < -0.3 is 16.2 Å². The number of hydrogen-bond donors (Lipinski definition) is 4. The molecule has 0 aliphatic rings. The zero-order valence-electron chi connectivity index (χ0n) is 10.8. The molecule has 1 aromatic rings. The molecular formula is C12H18N2O5S. The van der Waals surface area contributed by atoms with Crippen LogP contribution in [0.4, 0.5) is 0 Å². The molecule has 1 rings (SSSR count). The Hall–Kier alpha value is -1.48. The molecular weight excluding hydrogens is 284 g/mol. The highest BCUT2D eigenvalue weighted by molar-refractivity contribution is 7.85. The van der Waals surface area contributed by atoms with E-state index in [0.717, 1.165) is 5.56 Å². The first-order chi connectivity index (χ1) is 9.28. The maximum absolute atomic E-state index is 11.7. The minimum absolute atomic E-state index is 0.291. The molecule has 112 valence electrons. The van der Waals surface area contributed by atoms with Crippen LogP contribution in [0.1, 0.15) is 5.56 Å². The monoisotopic (exact) mass is 302 g/mol. The van der Waals surface area contributed by atoms with Crippen LogP contribution < -0.4 is 11.1 Å². The van der Waals surface area contributed by atoms with Gasteiger partial charge in [-0.2, -0.15) is 8.42 Å². The maximum Gasteiger partial charge on any atom is 0.267 e. The summed E-state index contributed by atoms with van der Waals surface area (Å²) in [7, 11) is -4.27. The summed E-state index contributed by atoms with van der Waals surface area (Å²) in [6.07, 6.45) is -1.04. The molecule has 0 heterocycles. The van der Waals surface area contributed by atoms with E-state index in [1.165, 1.54) is 0 Å². The predicted molar refractivity (Wildman–Crippen MR) is 73.6 cm³/mol. The van der Waals surface area contributed by atoms with Crippen LogP contribution in [0.25, 0.3) is 0 Å². The van der Waals surface area contributed by atoms with Crippen LogP contribution in [0.3, 0.4) is 0 Å². The standard InChI is InChI=1S/C12H18N2O5S/c13-11(6-9-4-2-1-3-5-9)12(16)14-7-10(15)8-20(17,18)19/h1-5,10-11,15H,6-8,13H2,(H,14,16)(H,17,18,19). The molecule has 2 atom stereocenters. The van der Waals surface area contributed by atoms with E-state index in [1.807, 2.05) is 30.3 Å². The number of benzene rings is 1. The molecule has 8 heteroatoms. The maximum atomic E-state index is 11.7. The molecule has 0 fully saturated rings. The SMILES string of the molecule is NC(Cc1ccccc1)C(=O)NCC(O)CS(=O)(=O)O. The zero-order valence-corrected chi connectivity index (χ0v) is 11.6. The Morgan fingerprint density at radius 2 is 1.90 bits per heavy atom. The first kappa shape index (κ1) is 16.6. The Balaban J connectivity index is 2.39. The minimum Gasteiger partial charge on any atom is -0.390 e. The Morgan fingerprint density at radius 3 is 2.45 bits per heavy atom. The second kappa shape index (κ2) is 7.34. The van der Waals surface area contributed by atoms with Crippen molar-refractivity contribution < 1.29 is 22.9 Å². The van der Waals surface area contributed by atoms with Crippen molar-refractivity contribution in [2.24, 2.45) is 5.73 Å². The Bertz CT molecular complexity index is 532. The lowest BCUT2D eigenvalue weighted by Gasteiger charge is -2.14. The second-order valence-electron chi connectivity index (χ2n) is 4.44. The molecule has 0 aliphatic carbocycles. The largest absolute Gasteiger partial charge is 0.390 e. The van der Waals surface area contributed by atoms with Crippen molar-refractivity contribution in [1.29, 1.82) is 0 Å². The van der Waals surface area contributed by atoms with Gasteiger partial charge in [-0.05, 0) is 12.0 Å². The summed E-state index contributed by atoms with van der Waals surface area (Å²) in [6.45, 7) is -0.291. The van der Waals surface area contributed by atoms with Gasteiger partial charge in [0.15, 0.2) is 0 Å². The van der Waals surface area contributed by atoms with Gasteiger partial charge in [-0.15, -0.1) is 0 Å². The summed E-state index contributed by atoms with van der Waals surface area (Å²) in [5.74, 6) is -1.33. The summed E-state index contributed by atoms with van der Waals surface area (Å²) < 4.78 is 29.6. The van der Waals surface area contributed by atoms with Crippen molar-refractivity contribution in [3.05, 3.63) is 35.9 Å². The average Bonchev–Trinajstić information content (AvgIpc) is 2.35. The number of rotatable bonds is 7. The molecule has 0 aromatic heterocycles. The van der Waals surface area contributed by atoms with E-state index in [1.54, 1.807) is 0 Å². The van der Waals surface area contributed by atoms with Gasteiger partial charge in [0.05, 0.1) is 12.1 Å². The second-order valence-corrected chi connectivity index (χ2v) is 5.94. The quantitative estimate of drug-likeness (QED) is 0.474. The number of nitrogens with two attached hydrogens (primary N) is 1. The predicted octanol–water partition coefficient (Wildman–Crippen LogP) is -1.08. The molecule has 2 unspecified atom stereocenters. The molecule has 1 amide bonds. The number of hydrogen-bond acceptors (Lipinski definition) is 5. The molecule has 0 aliphatic heterocycles. The van der Waals surface area contributed by atoms with Crippen molar-refractivity contribution in [2.45, 2.75) is 18.6 Å². The number of aliphatic hydroxyl groups excluding tert-OH is 1. The van der Waals surface area contributed by atoms with Crippen LogP contribution in [0.2, 0.25) is 0 Å². The van der Waals surface area contributed by atoms with Crippen LogP contribution in [0.15, 0.2) is 30.3 Å². The lowest BCUT2D eigenvalue weighted by molar-refractivity contribution is -0.122. The van der Waals surface area contributed by atoms with Gasteiger partial charge in [-0.3, -0.25) is 9.35 Å². The van der Waals surface area contributed by atoms with Crippen molar-refractivity contribution in [2.75, 3.05) is 12.3 Å². The Labute approximate surface area is 117 Å². The van der Waals surface area contributed by atoms with E-state index in [9.17, 15) is 18.3 Å². The first-order valence-corrected chi connectivity index (χ1v) is 7.59. The lowest BCUT2D eigenvalue weighted by Crippen LogP contribution is -2.45. The van der Waals surface area contributed by atoms with Gasteiger partial charge in [-0.1, -0.05) is 30.3 Å². The normalized spacial score (nSPS) is 14.6. The number of carbonyl (C=O) groups is 1.